The van der Waals surface area contributed by atoms with Crippen molar-refractivity contribution in [2.24, 2.45) is 0 Å². The molecule has 0 bridgehead atoms. The van der Waals surface area contributed by atoms with Gasteiger partial charge in [0.2, 0.25) is 0 Å². The predicted molar refractivity (Wildman–Crippen MR) is 119 cm³/mol. The van der Waals surface area contributed by atoms with E-state index in [1.807, 2.05) is 0 Å². The number of hydrogen-bond donors (Lipinski definition) is 1. The lowest BCUT2D eigenvalue weighted by Crippen LogP contribution is -2.19. The summed E-state index contributed by atoms with van der Waals surface area (Å²) in [6, 6.07) is 9.85. The molecule has 0 aliphatic carbocycles. The van der Waals surface area contributed by atoms with Crippen molar-refractivity contribution in [2.45, 2.75) is 52.4 Å². The van der Waals surface area contributed by atoms with Crippen LogP contribution < -0.4 is 10.1 Å². The number of hydrogen-bond acceptors (Lipinski definition) is 2. The number of halogens is 3. The lowest BCUT2D eigenvalue weighted by molar-refractivity contribution is 0.322. The van der Waals surface area contributed by atoms with E-state index in [1.165, 1.54) is 11.1 Å². The maximum Gasteiger partial charge on any atom is 0.123 e. The quantitative estimate of drug-likeness (QED) is 0.388. The minimum atomic E-state index is -0.00294. The van der Waals surface area contributed by atoms with Crippen molar-refractivity contribution in [3.05, 3.63) is 56.5 Å². The van der Waals surface area contributed by atoms with Gasteiger partial charge >= 0.3 is 0 Å². The minimum absolute atomic E-state index is 0.00294. The Bertz CT molecular complexity index is 804. The van der Waals surface area contributed by atoms with Crippen LogP contribution in [0.5, 0.6) is 5.75 Å². The predicted octanol–water partition coefficient (Wildman–Crippen LogP) is 7.73. The molecule has 2 rings (SSSR count). The second-order valence-electron chi connectivity index (χ2n) is 8.73. The molecule has 0 saturated heterocycles. The molecule has 5 heteroatoms. The Morgan fingerprint density at radius 1 is 0.815 bits per heavy atom. The summed E-state index contributed by atoms with van der Waals surface area (Å²) in [6.07, 6.45) is 0. The number of anilines is 1. The Labute approximate surface area is 178 Å². The van der Waals surface area contributed by atoms with Crippen LogP contribution in [0.3, 0.4) is 0 Å². The molecule has 0 radical (unpaired) electrons. The zero-order chi connectivity index (χ0) is 20.4. The Morgan fingerprint density at radius 3 is 2.04 bits per heavy atom. The van der Waals surface area contributed by atoms with Crippen molar-refractivity contribution in [3.8, 4) is 5.75 Å². The normalized spacial score (nSPS) is 12.2. The molecule has 0 aliphatic heterocycles. The zero-order valence-electron chi connectivity index (χ0n) is 16.8. The van der Waals surface area contributed by atoms with Crippen LogP contribution in [-0.4, -0.2) is 13.2 Å². The molecule has 0 fully saturated rings. The van der Waals surface area contributed by atoms with E-state index < -0.39 is 0 Å². The fraction of sp³-hybridized carbons (Fsp3) is 0.455. The summed E-state index contributed by atoms with van der Waals surface area (Å²) >= 11 is 18.2. The van der Waals surface area contributed by atoms with Gasteiger partial charge in [0, 0.05) is 6.54 Å². The van der Waals surface area contributed by atoms with Crippen molar-refractivity contribution >= 4 is 40.5 Å². The molecule has 0 amide bonds. The van der Waals surface area contributed by atoms with E-state index >= 15 is 0 Å². The third-order valence-corrected chi connectivity index (χ3v) is 5.37. The second kappa shape index (κ2) is 8.51. The SMILES string of the molecule is CC(C)(C)c1ccc(OCCNc2cc(Cl)c(Cl)cc2Cl)c(C(C)(C)C)c1. The van der Waals surface area contributed by atoms with E-state index in [9.17, 15) is 0 Å². The first-order chi connectivity index (χ1) is 12.4. The van der Waals surface area contributed by atoms with Crippen molar-refractivity contribution in [1.29, 1.82) is 0 Å². The van der Waals surface area contributed by atoms with Crippen molar-refractivity contribution in [3.63, 3.8) is 0 Å². The average molecular weight is 429 g/mol. The van der Waals surface area contributed by atoms with Crippen LogP contribution >= 0.6 is 34.8 Å². The molecule has 1 N–H and O–H groups in total. The highest BCUT2D eigenvalue weighted by Gasteiger charge is 2.23. The molecule has 0 saturated carbocycles. The summed E-state index contributed by atoms with van der Waals surface area (Å²) < 4.78 is 6.08. The van der Waals surface area contributed by atoms with E-state index in [-0.39, 0.29) is 10.8 Å². The van der Waals surface area contributed by atoms with E-state index in [0.29, 0.717) is 28.2 Å². The lowest BCUT2D eigenvalue weighted by Gasteiger charge is -2.27. The zero-order valence-corrected chi connectivity index (χ0v) is 19.1. The highest BCUT2D eigenvalue weighted by atomic mass is 35.5. The second-order valence-corrected chi connectivity index (χ2v) is 9.95. The molecular weight excluding hydrogens is 401 g/mol. The summed E-state index contributed by atoms with van der Waals surface area (Å²) in [6.45, 7) is 14.4. The Hall–Kier alpha value is -1.09. The number of ether oxygens (including phenoxy) is 1. The Morgan fingerprint density at radius 2 is 1.44 bits per heavy atom. The fourth-order valence-corrected chi connectivity index (χ4v) is 3.33. The molecule has 0 heterocycles. The highest BCUT2D eigenvalue weighted by molar-refractivity contribution is 6.44. The number of rotatable bonds is 5. The van der Waals surface area contributed by atoms with Gasteiger partial charge in [-0.2, -0.15) is 0 Å². The van der Waals surface area contributed by atoms with Gasteiger partial charge in [0.05, 0.1) is 20.8 Å². The first kappa shape index (κ1) is 22.2. The molecule has 2 aromatic rings. The molecule has 27 heavy (non-hydrogen) atoms. The molecule has 0 unspecified atom stereocenters. The first-order valence-electron chi connectivity index (χ1n) is 9.06. The molecule has 2 aromatic carbocycles. The summed E-state index contributed by atoms with van der Waals surface area (Å²) in [4.78, 5) is 0. The first-order valence-corrected chi connectivity index (χ1v) is 10.2. The molecule has 148 valence electrons. The Balaban J connectivity index is 2.08. The van der Waals surface area contributed by atoms with E-state index in [4.69, 9.17) is 39.5 Å². The third-order valence-electron chi connectivity index (χ3n) is 4.34. The van der Waals surface area contributed by atoms with E-state index in [1.54, 1.807) is 12.1 Å². The molecular formula is C22H28Cl3NO. The monoisotopic (exact) mass is 427 g/mol. The van der Waals surface area contributed by atoms with Crippen LogP contribution in [0.25, 0.3) is 0 Å². The average Bonchev–Trinajstić information content (AvgIpc) is 2.54. The third kappa shape index (κ3) is 5.94. The highest BCUT2D eigenvalue weighted by Crippen LogP contribution is 2.36. The number of nitrogens with one attached hydrogen (secondary N) is 1. The summed E-state index contributed by atoms with van der Waals surface area (Å²) in [5, 5.41) is 4.69. The van der Waals surface area contributed by atoms with Crippen LogP contribution in [0.15, 0.2) is 30.3 Å². The molecule has 0 aliphatic rings. The summed E-state index contributed by atoms with van der Waals surface area (Å²) in [5.74, 6) is 0.914. The van der Waals surface area contributed by atoms with Crippen LogP contribution in [0.1, 0.15) is 52.7 Å². The smallest absolute Gasteiger partial charge is 0.123 e. The van der Waals surface area contributed by atoms with Crippen LogP contribution in [0.4, 0.5) is 5.69 Å². The van der Waals surface area contributed by atoms with Crippen molar-refractivity contribution in [2.75, 3.05) is 18.5 Å². The van der Waals surface area contributed by atoms with Crippen molar-refractivity contribution in [1.82, 2.24) is 0 Å². The largest absolute Gasteiger partial charge is 0.491 e. The summed E-state index contributed by atoms with van der Waals surface area (Å²) in [5.41, 5.74) is 3.36. The van der Waals surface area contributed by atoms with Crippen LogP contribution in [-0.2, 0) is 10.8 Å². The topological polar surface area (TPSA) is 21.3 Å². The fourth-order valence-electron chi connectivity index (χ4n) is 2.71. The maximum atomic E-state index is 6.20. The van der Waals surface area contributed by atoms with Crippen LogP contribution in [0.2, 0.25) is 15.1 Å². The van der Waals surface area contributed by atoms with Gasteiger partial charge in [-0.05, 0) is 40.2 Å². The van der Waals surface area contributed by atoms with Crippen LogP contribution in [0, 0.1) is 0 Å². The van der Waals surface area contributed by atoms with Gasteiger partial charge in [-0.15, -0.1) is 0 Å². The standard InChI is InChI=1S/C22H28Cl3NO/c1-21(2,3)14-7-8-20(15(11-14)22(4,5)6)27-10-9-26-19-13-17(24)16(23)12-18(19)25/h7-8,11-13,26H,9-10H2,1-6H3. The van der Waals surface area contributed by atoms with Gasteiger partial charge in [0.15, 0.2) is 0 Å². The van der Waals surface area contributed by atoms with Gasteiger partial charge in [-0.3, -0.25) is 0 Å². The molecule has 2 nitrogen and oxygen atoms in total. The van der Waals surface area contributed by atoms with Gasteiger partial charge in [0.1, 0.15) is 12.4 Å². The maximum absolute atomic E-state index is 6.20. The molecule has 0 spiro atoms. The molecule has 0 atom stereocenters. The van der Waals surface area contributed by atoms with Gasteiger partial charge < -0.3 is 10.1 Å². The summed E-state index contributed by atoms with van der Waals surface area (Å²) in [7, 11) is 0. The van der Waals surface area contributed by atoms with E-state index in [2.05, 4.69) is 65.1 Å². The van der Waals surface area contributed by atoms with Gasteiger partial charge in [-0.25, -0.2) is 0 Å². The van der Waals surface area contributed by atoms with Crippen molar-refractivity contribution < 1.29 is 4.74 Å². The number of benzene rings is 2. The minimum Gasteiger partial charge on any atom is -0.491 e. The Kier molecular flexibility index (Phi) is 7.00. The van der Waals surface area contributed by atoms with Gasteiger partial charge in [-0.1, -0.05) is 88.5 Å². The van der Waals surface area contributed by atoms with Gasteiger partial charge in [0.25, 0.3) is 0 Å². The van der Waals surface area contributed by atoms with E-state index in [0.717, 1.165) is 11.4 Å². The lowest BCUT2D eigenvalue weighted by atomic mass is 9.80. The molecule has 0 aromatic heterocycles.